The van der Waals surface area contributed by atoms with E-state index in [4.69, 9.17) is 0 Å². The van der Waals surface area contributed by atoms with Gasteiger partial charge < -0.3 is 20.2 Å². The Balaban J connectivity index is 1.61. The molecule has 1 aliphatic rings. The lowest BCUT2D eigenvalue weighted by Gasteiger charge is -2.34. The van der Waals surface area contributed by atoms with Crippen LogP contribution in [-0.2, 0) is 6.54 Å². The number of H-pyrrole nitrogens is 2. The van der Waals surface area contributed by atoms with Crippen molar-refractivity contribution in [1.29, 1.82) is 0 Å². The molecule has 0 aliphatic carbocycles. The highest BCUT2D eigenvalue weighted by molar-refractivity contribution is 5.98. The maximum atomic E-state index is 14.0. The number of nitrogens with zero attached hydrogens (tertiary/aromatic N) is 1. The summed E-state index contributed by atoms with van der Waals surface area (Å²) in [5.74, 6) is -2.95. The summed E-state index contributed by atoms with van der Waals surface area (Å²) >= 11 is 0. The van der Waals surface area contributed by atoms with E-state index in [2.05, 4.69) is 15.3 Å². The molecule has 5 rings (SSSR count). The Kier molecular flexibility index (Phi) is 4.37. The average Bonchev–Trinajstić information content (AvgIpc) is 3.17. The van der Waals surface area contributed by atoms with Crippen molar-refractivity contribution in [2.24, 2.45) is 0 Å². The summed E-state index contributed by atoms with van der Waals surface area (Å²) in [6.45, 7) is 0.675. The minimum absolute atomic E-state index is 0.0199. The van der Waals surface area contributed by atoms with Crippen LogP contribution in [0, 0.1) is 17.5 Å². The Bertz CT molecular complexity index is 1430. The predicted octanol–water partition coefficient (Wildman–Crippen LogP) is 3.34. The maximum absolute atomic E-state index is 14.0. The van der Waals surface area contributed by atoms with Crippen molar-refractivity contribution >= 4 is 27.6 Å². The minimum atomic E-state index is -1.11. The second-order valence-corrected chi connectivity index (χ2v) is 7.64. The average molecular weight is 426 g/mol. The molecule has 1 amide bonds. The first-order chi connectivity index (χ1) is 14.8. The first-order valence-corrected chi connectivity index (χ1v) is 9.63. The van der Waals surface area contributed by atoms with Crippen LogP contribution in [0.5, 0.6) is 0 Å². The van der Waals surface area contributed by atoms with Gasteiger partial charge in [0.2, 0.25) is 0 Å². The summed E-state index contributed by atoms with van der Waals surface area (Å²) in [4.78, 5) is 32.7. The molecule has 31 heavy (non-hydrogen) atoms. The van der Waals surface area contributed by atoms with Crippen molar-refractivity contribution in [1.82, 2.24) is 20.2 Å². The van der Waals surface area contributed by atoms with Gasteiger partial charge in [-0.15, -0.1) is 0 Å². The smallest absolute Gasteiger partial charge is 0.270 e. The molecule has 3 N–H and O–H groups in total. The SMILES string of the molecule is CN(C(=O)c1cc2cc(F)ccc2[nH]1)[C@H]1CNCc2[nH]c(=O)c3cc(F)c(F)cc3c21. The van der Waals surface area contributed by atoms with E-state index in [0.29, 0.717) is 35.2 Å². The number of likely N-dealkylation sites (N-methyl/N-ethyl adjacent to an activating group) is 1. The molecule has 0 saturated heterocycles. The fourth-order valence-electron chi connectivity index (χ4n) is 4.23. The Morgan fingerprint density at radius 1 is 1.03 bits per heavy atom. The molecule has 1 atom stereocenters. The number of fused-ring (bicyclic) bond motifs is 4. The second-order valence-electron chi connectivity index (χ2n) is 7.64. The molecule has 0 bridgehead atoms. The van der Waals surface area contributed by atoms with Crippen LogP contribution in [0.2, 0.25) is 0 Å². The number of benzene rings is 2. The maximum Gasteiger partial charge on any atom is 0.270 e. The van der Waals surface area contributed by atoms with Crippen molar-refractivity contribution in [3.63, 3.8) is 0 Å². The van der Waals surface area contributed by atoms with Crippen LogP contribution in [0.1, 0.15) is 27.8 Å². The zero-order valence-electron chi connectivity index (χ0n) is 16.4. The van der Waals surface area contributed by atoms with Crippen LogP contribution < -0.4 is 10.9 Å². The van der Waals surface area contributed by atoms with Gasteiger partial charge in [0.05, 0.1) is 11.4 Å². The number of hydrogen-bond donors (Lipinski definition) is 3. The Morgan fingerprint density at radius 2 is 1.77 bits per heavy atom. The van der Waals surface area contributed by atoms with E-state index in [1.165, 1.54) is 17.0 Å². The van der Waals surface area contributed by atoms with Gasteiger partial charge in [-0.1, -0.05) is 0 Å². The Labute approximate surface area is 173 Å². The lowest BCUT2D eigenvalue weighted by Crippen LogP contribution is -2.42. The number of rotatable bonds is 2. The fourth-order valence-corrected chi connectivity index (χ4v) is 4.23. The summed E-state index contributed by atoms with van der Waals surface area (Å²) in [6, 6.07) is 7.06. The first kappa shape index (κ1) is 19.4. The number of pyridine rings is 1. The number of carbonyl (C=O) groups is 1. The monoisotopic (exact) mass is 426 g/mol. The summed E-state index contributed by atoms with van der Waals surface area (Å²) in [7, 11) is 1.59. The van der Waals surface area contributed by atoms with E-state index in [-0.39, 0.29) is 22.4 Å². The van der Waals surface area contributed by atoms with Crippen LogP contribution >= 0.6 is 0 Å². The molecule has 0 saturated carbocycles. The standard InChI is InChI=1S/C22H17F3N4O2/c1-29(22(31)17-5-10-4-11(23)2-3-16(10)27-17)19-9-26-8-18-20(19)12-6-14(24)15(25)7-13(12)21(30)28-18/h2-7,19,26-27H,8-9H2,1H3,(H,28,30)/t19-/m0/s1. The number of nitrogens with one attached hydrogen (secondary N) is 3. The Morgan fingerprint density at radius 3 is 2.55 bits per heavy atom. The summed E-state index contributed by atoms with van der Waals surface area (Å²) < 4.78 is 41.3. The van der Waals surface area contributed by atoms with Crippen molar-refractivity contribution in [3.8, 4) is 0 Å². The minimum Gasteiger partial charge on any atom is -0.351 e. The van der Waals surface area contributed by atoms with E-state index in [1.54, 1.807) is 19.2 Å². The van der Waals surface area contributed by atoms with Crippen LogP contribution in [0.3, 0.4) is 0 Å². The molecule has 2 aromatic heterocycles. The third-order valence-electron chi connectivity index (χ3n) is 5.76. The molecule has 158 valence electrons. The highest BCUT2D eigenvalue weighted by atomic mass is 19.2. The van der Waals surface area contributed by atoms with E-state index < -0.39 is 29.1 Å². The van der Waals surface area contributed by atoms with Crippen molar-refractivity contribution in [2.75, 3.05) is 13.6 Å². The van der Waals surface area contributed by atoms with Crippen molar-refractivity contribution < 1.29 is 18.0 Å². The van der Waals surface area contributed by atoms with Crippen molar-refractivity contribution in [3.05, 3.63) is 81.2 Å². The van der Waals surface area contributed by atoms with E-state index in [0.717, 1.165) is 12.1 Å². The summed E-state index contributed by atoms with van der Waals surface area (Å²) in [5.41, 5.74) is 1.43. The third kappa shape index (κ3) is 3.09. The number of carbonyl (C=O) groups excluding carboxylic acids is 1. The summed E-state index contributed by atoms with van der Waals surface area (Å²) in [6.07, 6.45) is 0. The molecule has 0 fully saturated rings. The van der Waals surface area contributed by atoms with Gasteiger partial charge in [-0.2, -0.15) is 0 Å². The van der Waals surface area contributed by atoms with Gasteiger partial charge in [-0.3, -0.25) is 9.59 Å². The molecule has 1 aliphatic heterocycles. The lowest BCUT2D eigenvalue weighted by atomic mass is 9.93. The molecule has 2 aromatic carbocycles. The molecule has 4 aromatic rings. The highest BCUT2D eigenvalue weighted by Gasteiger charge is 2.31. The van der Waals surface area contributed by atoms with Crippen LogP contribution in [-0.4, -0.2) is 34.4 Å². The lowest BCUT2D eigenvalue weighted by molar-refractivity contribution is 0.0718. The molecule has 3 heterocycles. The van der Waals surface area contributed by atoms with Crippen LogP contribution in [0.15, 0.2) is 41.2 Å². The van der Waals surface area contributed by atoms with E-state index in [1.807, 2.05) is 0 Å². The largest absolute Gasteiger partial charge is 0.351 e. The predicted molar refractivity (Wildman–Crippen MR) is 109 cm³/mol. The Hall–Kier alpha value is -3.59. The molecule has 6 nitrogen and oxygen atoms in total. The normalized spacial score (nSPS) is 15.9. The number of aromatic amines is 2. The number of amides is 1. The topological polar surface area (TPSA) is 81.0 Å². The highest BCUT2D eigenvalue weighted by Crippen LogP contribution is 2.33. The molecular formula is C22H17F3N4O2. The van der Waals surface area contributed by atoms with E-state index >= 15 is 0 Å². The zero-order valence-corrected chi connectivity index (χ0v) is 16.4. The van der Waals surface area contributed by atoms with Gasteiger partial charge in [0.15, 0.2) is 11.6 Å². The third-order valence-corrected chi connectivity index (χ3v) is 5.76. The number of halogens is 3. The first-order valence-electron chi connectivity index (χ1n) is 9.63. The molecular weight excluding hydrogens is 409 g/mol. The van der Waals surface area contributed by atoms with Gasteiger partial charge in [0, 0.05) is 42.3 Å². The van der Waals surface area contributed by atoms with Gasteiger partial charge in [0.25, 0.3) is 11.5 Å². The van der Waals surface area contributed by atoms with Crippen LogP contribution in [0.25, 0.3) is 21.7 Å². The fraction of sp³-hybridized carbons (Fsp3) is 0.182. The van der Waals surface area contributed by atoms with Gasteiger partial charge >= 0.3 is 0 Å². The number of aromatic nitrogens is 2. The summed E-state index contributed by atoms with van der Waals surface area (Å²) in [5, 5.41) is 3.99. The van der Waals surface area contributed by atoms with E-state index in [9.17, 15) is 22.8 Å². The molecule has 0 radical (unpaired) electrons. The zero-order chi connectivity index (χ0) is 21.9. The molecule has 0 spiro atoms. The van der Waals surface area contributed by atoms with Crippen molar-refractivity contribution in [2.45, 2.75) is 12.6 Å². The second kappa shape index (κ2) is 6.98. The van der Waals surface area contributed by atoms with Gasteiger partial charge in [-0.05, 0) is 41.8 Å². The number of hydrogen-bond acceptors (Lipinski definition) is 3. The van der Waals surface area contributed by atoms with Crippen LogP contribution in [0.4, 0.5) is 13.2 Å². The quantitative estimate of drug-likeness (QED) is 0.460. The molecule has 0 unspecified atom stereocenters. The molecule has 9 heteroatoms. The van der Waals surface area contributed by atoms with Gasteiger partial charge in [0.1, 0.15) is 11.5 Å². The van der Waals surface area contributed by atoms with Gasteiger partial charge in [-0.25, -0.2) is 13.2 Å².